The van der Waals surface area contributed by atoms with Gasteiger partial charge in [0.15, 0.2) is 11.5 Å². The van der Waals surface area contributed by atoms with Crippen molar-refractivity contribution >= 4 is 12.0 Å². The molecule has 0 fully saturated rings. The van der Waals surface area contributed by atoms with Gasteiger partial charge in [0.1, 0.15) is 0 Å². The first-order valence-corrected chi connectivity index (χ1v) is 6.55. The highest BCUT2D eigenvalue weighted by Gasteiger charge is 2.12. The summed E-state index contributed by atoms with van der Waals surface area (Å²) in [5, 5.41) is 0. The highest BCUT2D eigenvalue weighted by Crippen LogP contribution is 2.28. The molecule has 0 atom stereocenters. The van der Waals surface area contributed by atoms with Gasteiger partial charge in [-0.05, 0) is 39.0 Å². The van der Waals surface area contributed by atoms with Crippen molar-refractivity contribution in [2.45, 2.75) is 26.9 Å². The number of rotatable bonds is 5. The van der Waals surface area contributed by atoms with E-state index in [1.807, 2.05) is 13.8 Å². The smallest absolute Gasteiger partial charge is 0.426 e. The maximum atomic E-state index is 11.9. The maximum absolute atomic E-state index is 11.9. The molecule has 7 heteroatoms. The van der Waals surface area contributed by atoms with E-state index in [0.717, 1.165) is 0 Å². The van der Waals surface area contributed by atoms with Crippen molar-refractivity contribution < 1.29 is 23.8 Å². The Hall–Kier alpha value is -2.44. The number of benzene rings is 1. The Kier molecular flexibility index (Phi) is 6.32. The molecule has 116 valence electrons. The van der Waals surface area contributed by atoms with Gasteiger partial charge in [-0.25, -0.2) is 10.2 Å². The second-order valence-electron chi connectivity index (χ2n) is 4.33. The summed E-state index contributed by atoms with van der Waals surface area (Å²) in [4.78, 5) is 23.0. The number of amides is 2. The minimum Gasteiger partial charge on any atom is -0.493 e. The van der Waals surface area contributed by atoms with E-state index in [1.165, 1.54) is 13.2 Å². The summed E-state index contributed by atoms with van der Waals surface area (Å²) >= 11 is 0. The zero-order chi connectivity index (χ0) is 15.8. The van der Waals surface area contributed by atoms with Gasteiger partial charge in [0.25, 0.3) is 5.91 Å². The molecule has 0 aromatic heterocycles. The quantitative estimate of drug-likeness (QED) is 0.810. The third-order valence-corrected chi connectivity index (χ3v) is 2.34. The Morgan fingerprint density at radius 1 is 1.19 bits per heavy atom. The SMILES string of the molecule is CCOC(=O)NNC(=O)c1ccc(OC(C)C)c(OC)c1. The molecule has 0 aliphatic heterocycles. The third kappa shape index (κ3) is 5.21. The van der Waals surface area contributed by atoms with Crippen LogP contribution in [0.5, 0.6) is 11.5 Å². The third-order valence-electron chi connectivity index (χ3n) is 2.34. The molecule has 0 aliphatic rings. The van der Waals surface area contributed by atoms with Crippen molar-refractivity contribution in [1.82, 2.24) is 10.9 Å². The van der Waals surface area contributed by atoms with Crippen molar-refractivity contribution in [2.24, 2.45) is 0 Å². The fourth-order valence-electron chi connectivity index (χ4n) is 1.51. The van der Waals surface area contributed by atoms with E-state index >= 15 is 0 Å². The molecule has 0 unspecified atom stereocenters. The van der Waals surface area contributed by atoms with Crippen molar-refractivity contribution in [3.63, 3.8) is 0 Å². The lowest BCUT2D eigenvalue weighted by Gasteiger charge is -2.14. The Bertz CT molecular complexity index is 502. The molecule has 2 amide bonds. The van der Waals surface area contributed by atoms with Gasteiger partial charge in [-0.1, -0.05) is 0 Å². The van der Waals surface area contributed by atoms with E-state index in [2.05, 4.69) is 15.6 Å². The predicted octanol–water partition coefficient (Wildman–Crippen LogP) is 1.87. The van der Waals surface area contributed by atoms with Crippen LogP contribution in [0.15, 0.2) is 18.2 Å². The second-order valence-corrected chi connectivity index (χ2v) is 4.33. The predicted molar refractivity (Wildman–Crippen MR) is 76.4 cm³/mol. The molecule has 2 N–H and O–H groups in total. The molecular weight excluding hydrogens is 276 g/mol. The number of hydrogen-bond donors (Lipinski definition) is 2. The average Bonchev–Trinajstić information content (AvgIpc) is 2.45. The van der Waals surface area contributed by atoms with Crippen LogP contribution in [-0.2, 0) is 4.74 Å². The van der Waals surface area contributed by atoms with E-state index in [1.54, 1.807) is 19.1 Å². The molecule has 0 radical (unpaired) electrons. The molecule has 1 rings (SSSR count). The number of carbonyl (C=O) groups is 2. The monoisotopic (exact) mass is 296 g/mol. The summed E-state index contributed by atoms with van der Waals surface area (Å²) in [7, 11) is 1.49. The van der Waals surface area contributed by atoms with Crippen LogP contribution in [0.2, 0.25) is 0 Å². The van der Waals surface area contributed by atoms with E-state index in [-0.39, 0.29) is 12.7 Å². The number of nitrogens with one attached hydrogen (secondary N) is 2. The minimum atomic E-state index is -0.724. The van der Waals surface area contributed by atoms with Gasteiger partial charge in [0.2, 0.25) is 0 Å². The standard InChI is InChI=1S/C14H20N2O5/c1-5-20-14(18)16-15-13(17)10-6-7-11(21-9(2)3)12(8-10)19-4/h6-9H,5H2,1-4H3,(H,15,17)(H,16,18). The summed E-state index contributed by atoms with van der Waals surface area (Å²) in [6, 6.07) is 4.74. The largest absolute Gasteiger partial charge is 0.493 e. The molecule has 1 aromatic carbocycles. The van der Waals surface area contributed by atoms with Crippen LogP contribution in [0.1, 0.15) is 31.1 Å². The topological polar surface area (TPSA) is 85.9 Å². The van der Waals surface area contributed by atoms with Gasteiger partial charge < -0.3 is 14.2 Å². The fraction of sp³-hybridized carbons (Fsp3) is 0.429. The molecule has 0 saturated carbocycles. The van der Waals surface area contributed by atoms with Crippen LogP contribution < -0.4 is 20.3 Å². The number of hydrogen-bond acceptors (Lipinski definition) is 5. The van der Waals surface area contributed by atoms with E-state index in [4.69, 9.17) is 9.47 Å². The highest BCUT2D eigenvalue weighted by molar-refractivity contribution is 5.95. The Balaban J connectivity index is 2.74. The van der Waals surface area contributed by atoms with E-state index < -0.39 is 12.0 Å². The fourth-order valence-corrected chi connectivity index (χ4v) is 1.51. The van der Waals surface area contributed by atoms with Crippen molar-refractivity contribution in [1.29, 1.82) is 0 Å². The molecular formula is C14H20N2O5. The number of carbonyl (C=O) groups excluding carboxylic acids is 2. The minimum absolute atomic E-state index is 0.0101. The Morgan fingerprint density at radius 2 is 1.90 bits per heavy atom. The normalized spacial score (nSPS) is 9.95. The van der Waals surface area contributed by atoms with Gasteiger partial charge in [-0.3, -0.25) is 10.2 Å². The van der Waals surface area contributed by atoms with Crippen LogP contribution in [0.4, 0.5) is 4.79 Å². The molecule has 21 heavy (non-hydrogen) atoms. The van der Waals surface area contributed by atoms with Gasteiger partial charge in [-0.15, -0.1) is 0 Å². The molecule has 7 nitrogen and oxygen atoms in total. The first kappa shape index (κ1) is 16.6. The van der Waals surface area contributed by atoms with Crippen LogP contribution in [0, 0.1) is 0 Å². The number of hydrazine groups is 1. The highest BCUT2D eigenvalue weighted by atomic mass is 16.6. The average molecular weight is 296 g/mol. The van der Waals surface area contributed by atoms with Crippen LogP contribution in [-0.4, -0.2) is 31.8 Å². The Labute approximate surface area is 123 Å². The Morgan fingerprint density at radius 3 is 2.48 bits per heavy atom. The molecule has 0 heterocycles. The molecule has 1 aromatic rings. The lowest BCUT2D eigenvalue weighted by molar-refractivity contribution is 0.0912. The molecule has 0 aliphatic carbocycles. The number of ether oxygens (including phenoxy) is 3. The van der Waals surface area contributed by atoms with Crippen LogP contribution in [0.3, 0.4) is 0 Å². The number of methoxy groups -OCH3 is 1. The molecule has 0 bridgehead atoms. The summed E-state index contributed by atoms with van der Waals surface area (Å²) in [5.41, 5.74) is 4.69. The van der Waals surface area contributed by atoms with Gasteiger partial charge in [0.05, 0.1) is 19.8 Å². The van der Waals surface area contributed by atoms with Crippen molar-refractivity contribution in [3.8, 4) is 11.5 Å². The summed E-state index contributed by atoms with van der Waals surface area (Å²) in [5.74, 6) is 0.493. The van der Waals surface area contributed by atoms with Gasteiger partial charge in [-0.2, -0.15) is 0 Å². The zero-order valence-electron chi connectivity index (χ0n) is 12.6. The van der Waals surface area contributed by atoms with Gasteiger partial charge in [0, 0.05) is 5.56 Å². The van der Waals surface area contributed by atoms with Crippen LogP contribution in [0.25, 0.3) is 0 Å². The lowest BCUT2D eigenvalue weighted by Crippen LogP contribution is -2.41. The molecule has 0 saturated heterocycles. The summed E-state index contributed by atoms with van der Waals surface area (Å²) in [6.45, 7) is 5.67. The molecule has 0 spiro atoms. The van der Waals surface area contributed by atoms with Crippen LogP contribution >= 0.6 is 0 Å². The first-order chi connectivity index (χ1) is 9.97. The van der Waals surface area contributed by atoms with Crippen molar-refractivity contribution in [2.75, 3.05) is 13.7 Å². The first-order valence-electron chi connectivity index (χ1n) is 6.55. The van der Waals surface area contributed by atoms with E-state index in [0.29, 0.717) is 17.1 Å². The maximum Gasteiger partial charge on any atom is 0.426 e. The summed E-state index contributed by atoms with van der Waals surface area (Å²) < 4.78 is 15.4. The van der Waals surface area contributed by atoms with E-state index in [9.17, 15) is 9.59 Å². The van der Waals surface area contributed by atoms with Gasteiger partial charge >= 0.3 is 6.09 Å². The zero-order valence-corrected chi connectivity index (χ0v) is 12.6. The lowest BCUT2D eigenvalue weighted by atomic mass is 10.2. The summed E-state index contributed by atoms with van der Waals surface area (Å²) in [6.07, 6.45) is -0.735. The van der Waals surface area contributed by atoms with Crippen molar-refractivity contribution in [3.05, 3.63) is 23.8 Å². The second kappa shape index (κ2) is 7.98.